The zero-order chi connectivity index (χ0) is 24.5. The molecule has 8 nitrogen and oxygen atoms in total. The van der Waals surface area contributed by atoms with Gasteiger partial charge in [0.1, 0.15) is 28.2 Å². The molecule has 5 aromatic rings. The van der Waals surface area contributed by atoms with Crippen LogP contribution in [-0.4, -0.2) is 9.91 Å². The highest BCUT2D eigenvalue weighted by atomic mass is 79.9. The molecule has 5 rings (SSSR count). The molecule has 3 heterocycles. The summed E-state index contributed by atoms with van der Waals surface area (Å²) in [5.41, 5.74) is 1.08. The molecule has 170 valence electrons. The average molecular weight is 546 g/mol. The lowest BCUT2D eigenvalue weighted by molar-refractivity contribution is -0.384. The van der Waals surface area contributed by atoms with Crippen LogP contribution in [-0.2, 0) is 0 Å². The van der Waals surface area contributed by atoms with E-state index in [9.17, 15) is 20.2 Å². The molecule has 0 radical (unpaired) electrons. The summed E-state index contributed by atoms with van der Waals surface area (Å²) in [4.78, 5) is 27.8. The first kappa shape index (κ1) is 22.5. The van der Waals surface area contributed by atoms with Crippen molar-refractivity contribution in [3.63, 3.8) is 0 Å². The number of nitrogens with zero attached hydrogens (tertiary/aromatic N) is 3. The lowest BCUT2D eigenvalue weighted by atomic mass is 10.1. The number of hydrogen-bond acceptors (Lipinski definition) is 8. The Morgan fingerprint density at radius 1 is 1.11 bits per heavy atom. The van der Waals surface area contributed by atoms with Gasteiger partial charge in [-0.1, -0.05) is 28.1 Å². The van der Waals surface area contributed by atoms with Gasteiger partial charge in [0.15, 0.2) is 0 Å². The largest absolute Gasteiger partial charge is 0.456 e. The number of hydrogen-bond donors (Lipinski definition) is 0. The Bertz CT molecular complexity index is 1740. The van der Waals surface area contributed by atoms with Crippen LogP contribution in [0.4, 0.5) is 5.69 Å². The van der Waals surface area contributed by atoms with Crippen LogP contribution in [0.3, 0.4) is 0 Å². The summed E-state index contributed by atoms with van der Waals surface area (Å²) < 4.78 is 12.0. The number of thiazole rings is 1. The van der Waals surface area contributed by atoms with E-state index in [1.807, 2.05) is 6.07 Å². The van der Waals surface area contributed by atoms with Crippen LogP contribution < -0.4 is 5.63 Å². The normalized spacial score (nSPS) is 11.5. The van der Waals surface area contributed by atoms with Gasteiger partial charge < -0.3 is 8.83 Å². The predicted octanol–water partition coefficient (Wildman–Crippen LogP) is 6.91. The van der Waals surface area contributed by atoms with E-state index in [-0.39, 0.29) is 16.8 Å². The highest BCUT2D eigenvalue weighted by Crippen LogP contribution is 2.33. The predicted molar refractivity (Wildman–Crippen MR) is 136 cm³/mol. The summed E-state index contributed by atoms with van der Waals surface area (Å²) in [7, 11) is 0. The summed E-state index contributed by atoms with van der Waals surface area (Å²) in [6, 6.07) is 18.6. The molecule has 35 heavy (non-hydrogen) atoms. The van der Waals surface area contributed by atoms with Crippen molar-refractivity contribution in [2.75, 3.05) is 0 Å². The number of fused-ring (bicyclic) bond motifs is 1. The van der Waals surface area contributed by atoms with Crippen LogP contribution in [0.5, 0.6) is 0 Å². The molecule has 0 aliphatic carbocycles. The second-order valence-corrected chi connectivity index (χ2v) is 9.09. The summed E-state index contributed by atoms with van der Waals surface area (Å²) in [6.45, 7) is 0. The second-order valence-electron chi connectivity index (χ2n) is 7.31. The van der Waals surface area contributed by atoms with Crippen LogP contribution in [0.2, 0.25) is 0 Å². The fraction of sp³-hybridized carbons (Fsp3) is 0. The maximum atomic E-state index is 12.5. The number of halogens is 1. The van der Waals surface area contributed by atoms with Crippen LogP contribution >= 0.6 is 27.3 Å². The molecule has 10 heteroatoms. The topological polar surface area (TPSA) is 123 Å². The molecule has 3 aromatic heterocycles. The molecule has 0 saturated heterocycles. The fourth-order valence-electron chi connectivity index (χ4n) is 3.49. The molecule has 0 aliphatic rings. The maximum Gasteiger partial charge on any atom is 0.345 e. The first-order valence-electron chi connectivity index (χ1n) is 10.1. The van der Waals surface area contributed by atoms with Crippen molar-refractivity contribution in [3.8, 4) is 28.7 Å². The van der Waals surface area contributed by atoms with E-state index in [0.29, 0.717) is 33.4 Å². The number of para-hydroxylation sites is 1. The summed E-state index contributed by atoms with van der Waals surface area (Å²) in [6.07, 6.45) is 1.50. The third-order valence-corrected chi connectivity index (χ3v) is 6.47. The standard InChI is InChI=1S/C25H12BrN3O5S/c26-16-5-7-22-14(9-16)11-19(25(30)34-22)20-13-35-24(28-20)15(12-27)10-17-6-8-23(33-17)18-3-1-2-4-21(18)29(31)32/h1-11,13H/b15-10+. The third-order valence-electron chi connectivity index (χ3n) is 5.10. The van der Waals surface area contributed by atoms with Gasteiger partial charge in [-0.2, -0.15) is 5.26 Å². The van der Waals surface area contributed by atoms with Crippen molar-refractivity contribution in [1.29, 1.82) is 5.26 Å². The number of nitriles is 1. The number of allylic oxidation sites excluding steroid dienone is 1. The van der Waals surface area contributed by atoms with Gasteiger partial charge in [0.25, 0.3) is 5.69 Å². The van der Waals surface area contributed by atoms with Gasteiger partial charge >= 0.3 is 5.63 Å². The van der Waals surface area contributed by atoms with Gasteiger partial charge in [0.2, 0.25) is 0 Å². The van der Waals surface area contributed by atoms with E-state index in [0.717, 1.165) is 9.86 Å². The van der Waals surface area contributed by atoms with Gasteiger partial charge in [-0.15, -0.1) is 11.3 Å². The van der Waals surface area contributed by atoms with Crippen LogP contribution in [0.15, 0.2) is 84.1 Å². The highest BCUT2D eigenvalue weighted by Gasteiger charge is 2.18. The number of furan rings is 1. The number of rotatable bonds is 5. The minimum absolute atomic E-state index is 0.0799. The Balaban J connectivity index is 1.49. The molecule has 0 atom stereocenters. The zero-order valence-electron chi connectivity index (χ0n) is 17.6. The van der Waals surface area contributed by atoms with Gasteiger partial charge in [-0.3, -0.25) is 10.1 Å². The van der Waals surface area contributed by atoms with Crippen molar-refractivity contribution in [3.05, 3.63) is 102 Å². The quantitative estimate of drug-likeness (QED) is 0.102. The molecular formula is C25H12BrN3O5S. The lowest BCUT2D eigenvalue weighted by Gasteiger charge is -2.00. The number of aromatic nitrogens is 1. The van der Waals surface area contributed by atoms with Crippen molar-refractivity contribution < 1.29 is 13.8 Å². The number of nitro groups is 1. The van der Waals surface area contributed by atoms with Gasteiger partial charge in [0.05, 0.1) is 27.3 Å². The van der Waals surface area contributed by atoms with Gasteiger partial charge in [-0.05, 0) is 42.5 Å². The second kappa shape index (κ2) is 9.13. The molecule has 0 spiro atoms. The van der Waals surface area contributed by atoms with Crippen molar-refractivity contribution >= 4 is 55.6 Å². The Morgan fingerprint density at radius 2 is 1.94 bits per heavy atom. The number of nitro benzene ring substituents is 1. The third kappa shape index (κ3) is 4.42. The molecule has 0 bridgehead atoms. The van der Waals surface area contributed by atoms with Crippen molar-refractivity contribution in [2.45, 2.75) is 0 Å². The molecule has 0 unspecified atom stereocenters. The smallest absolute Gasteiger partial charge is 0.345 e. The highest BCUT2D eigenvalue weighted by molar-refractivity contribution is 9.10. The summed E-state index contributed by atoms with van der Waals surface area (Å²) in [5.74, 6) is 0.641. The van der Waals surface area contributed by atoms with E-state index in [2.05, 4.69) is 27.0 Å². The first-order chi connectivity index (χ1) is 16.9. The average Bonchev–Trinajstić information content (AvgIpc) is 3.52. The molecule has 2 aromatic carbocycles. The lowest BCUT2D eigenvalue weighted by Crippen LogP contribution is -2.02. The number of benzene rings is 2. The van der Waals surface area contributed by atoms with Crippen molar-refractivity contribution in [2.24, 2.45) is 0 Å². The van der Waals surface area contributed by atoms with E-state index in [1.165, 1.54) is 23.5 Å². The van der Waals surface area contributed by atoms with E-state index >= 15 is 0 Å². The maximum absolute atomic E-state index is 12.5. The summed E-state index contributed by atoms with van der Waals surface area (Å²) in [5, 5.41) is 23.8. The van der Waals surface area contributed by atoms with E-state index < -0.39 is 10.5 Å². The van der Waals surface area contributed by atoms with E-state index in [4.69, 9.17) is 8.83 Å². The fourth-order valence-corrected chi connectivity index (χ4v) is 4.66. The Labute approximate surface area is 209 Å². The Kier molecular flexibility index (Phi) is 5.86. The minimum atomic E-state index is -0.528. The molecule has 0 amide bonds. The van der Waals surface area contributed by atoms with Gasteiger partial charge in [0, 0.05) is 27.4 Å². The van der Waals surface area contributed by atoms with E-state index in [1.54, 1.807) is 53.9 Å². The Hall–Kier alpha value is -4.33. The Morgan fingerprint density at radius 3 is 2.74 bits per heavy atom. The minimum Gasteiger partial charge on any atom is -0.456 e. The molecular weight excluding hydrogens is 534 g/mol. The molecule has 0 fully saturated rings. The monoisotopic (exact) mass is 545 g/mol. The molecule has 0 N–H and O–H groups in total. The molecule has 0 aliphatic heterocycles. The van der Waals surface area contributed by atoms with Crippen LogP contribution in [0, 0.1) is 21.4 Å². The van der Waals surface area contributed by atoms with Crippen molar-refractivity contribution in [1.82, 2.24) is 4.98 Å². The zero-order valence-corrected chi connectivity index (χ0v) is 20.0. The van der Waals surface area contributed by atoms with Gasteiger partial charge in [-0.25, -0.2) is 9.78 Å². The first-order valence-corrected chi connectivity index (χ1v) is 11.8. The summed E-state index contributed by atoms with van der Waals surface area (Å²) >= 11 is 4.60. The SMILES string of the molecule is N#C/C(=C\c1ccc(-c2ccccc2[N+](=O)[O-])o1)c1nc(-c2cc3cc(Br)ccc3oc2=O)cs1. The molecule has 0 saturated carbocycles. The van der Waals surface area contributed by atoms with Crippen LogP contribution in [0.1, 0.15) is 10.8 Å². The van der Waals surface area contributed by atoms with Crippen LogP contribution in [0.25, 0.3) is 45.2 Å².